The monoisotopic (exact) mass is 239 g/mol. The third-order valence-electron chi connectivity index (χ3n) is 3.28. The maximum atomic E-state index is 10.4. The molecule has 0 amide bonds. The molecule has 3 fully saturated rings. The average molecular weight is 239 g/mol. The zero-order valence-corrected chi connectivity index (χ0v) is 9.81. The molecule has 0 aliphatic carbocycles. The lowest BCUT2D eigenvalue weighted by Crippen LogP contribution is -2.25. The van der Waals surface area contributed by atoms with E-state index in [0.29, 0.717) is 31.8 Å². The molecule has 1 unspecified atom stereocenters. The normalized spacial score (nSPS) is 30.1. The number of nitrogens with zero attached hydrogens (tertiary/aromatic N) is 1. The molecule has 94 valence electrons. The molecule has 3 saturated heterocycles. The van der Waals surface area contributed by atoms with Gasteiger partial charge >= 0.3 is 0 Å². The maximum Gasteiger partial charge on any atom is 0.173 e. The van der Waals surface area contributed by atoms with Crippen LogP contribution in [-0.2, 0) is 19.0 Å². The minimum atomic E-state index is -0.142. The van der Waals surface area contributed by atoms with E-state index >= 15 is 0 Å². The van der Waals surface area contributed by atoms with Crippen LogP contribution in [0, 0.1) is 11.3 Å². The lowest BCUT2D eigenvalue weighted by atomic mass is 9.97. The molecular weight excluding hydrogens is 222 g/mol. The Morgan fingerprint density at radius 1 is 1.12 bits per heavy atom. The van der Waals surface area contributed by atoms with Gasteiger partial charge in [0.15, 0.2) is 6.10 Å². The summed E-state index contributed by atoms with van der Waals surface area (Å²) in [5.74, 6) is 0.339. The van der Waals surface area contributed by atoms with E-state index in [4.69, 9.17) is 19.5 Å². The Morgan fingerprint density at radius 2 is 1.71 bits per heavy atom. The molecular formula is C12H17NO4. The van der Waals surface area contributed by atoms with Gasteiger partial charge < -0.3 is 14.2 Å². The number of carbonyl (C=O) groups excluding carboxylic acids is 1. The predicted octanol–water partition coefficient (Wildman–Crippen LogP) is 0.824. The summed E-state index contributed by atoms with van der Waals surface area (Å²) in [6.07, 6.45) is 2.90. The van der Waals surface area contributed by atoms with E-state index in [1.807, 2.05) is 0 Å². The molecule has 0 bridgehead atoms. The molecule has 3 rings (SSSR count). The summed E-state index contributed by atoms with van der Waals surface area (Å²) in [6, 6.07) is 2.12. The van der Waals surface area contributed by atoms with Crippen molar-refractivity contribution in [3.63, 3.8) is 0 Å². The van der Waals surface area contributed by atoms with Gasteiger partial charge in [0.1, 0.15) is 11.4 Å². The molecule has 3 aliphatic rings. The number of nitriles is 1. The summed E-state index contributed by atoms with van der Waals surface area (Å²) in [4.78, 5) is 10.4. The fourth-order valence-corrected chi connectivity index (χ4v) is 2.04. The fourth-order valence-electron chi connectivity index (χ4n) is 2.04. The van der Waals surface area contributed by atoms with Crippen molar-refractivity contribution in [1.29, 1.82) is 5.26 Å². The van der Waals surface area contributed by atoms with Gasteiger partial charge in [-0.2, -0.15) is 5.26 Å². The predicted molar refractivity (Wildman–Crippen MR) is 58.3 cm³/mol. The molecule has 0 aromatic carbocycles. The van der Waals surface area contributed by atoms with E-state index in [2.05, 4.69) is 6.07 Å². The van der Waals surface area contributed by atoms with Gasteiger partial charge in [0, 0.05) is 38.9 Å². The van der Waals surface area contributed by atoms with Crippen molar-refractivity contribution in [2.75, 3.05) is 26.4 Å². The van der Waals surface area contributed by atoms with E-state index in [1.165, 1.54) is 0 Å². The number of rotatable bonds is 0. The van der Waals surface area contributed by atoms with Crippen LogP contribution in [0.25, 0.3) is 0 Å². The molecule has 0 aromatic rings. The van der Waals surface area contributed by atoms with E-state index in [9.17, 15) is 4.79 Å². The fraction of sp³-hybridized carbons (Fsp3) is 0.833. The van der Waals surface area contributed by atoms with Gasteiger partial charge in [-0.05, 0) is 0 Å². The smallest absolute Gasteiger partial charge is 0.173 e. The second-order valence-corrected chi connectivity index (χ2v) is 4.46. The molecule has 1 spiro atoms. The van der Waals surface area contributed by atoms with Crippen molar-refractivity contribution in [3.05, 3.63) is 0 Å². The Balaban J connectivity index is 0.000000136. The van der Waals surface area contributed by atoms with Crippen LogP contribution in [0.2, 0.25) is 0 Å². The number of hydrogen-bond acceptors (Lipinski definition) is 5. The maximum absolute atomic E-state index is 10.4. The standard InChI is InChI=1S/C7H9NO2.C5H8O2/c8-5-6-7(10-6)1-3-9-4-2-7;6-5-1-3-7-4-2-5/h6H,1-4H2;1-4H2. The third kappa shape index (κ3) is 3.25. The summed E-state index contributed by atoms with van der Waals surface area (Å²) in [5.41, 5.74) is -0.0903. The van der Waals surface area contributed by atoms with Crippen LogP contribution in [0.5, 0.6) is 0 Å². The van der Waals surface area contributed by atoms with Gasteiger partial charge in [-0.1, -0.05) is 0 Å². The molecule has 5 nitrogen and oxygen atoms in total. The largest absolute Gasteiger partial charge is 0.381 e. The van der Waals surface area contributed by atoms with Crippen LogP contribution in [0.3, 0.4) is 0 Å². The first-order valence-electron chi connectivity index (χ1n) is 6.01. The molecule has 17 heavy (non-hydrogen) atoms. The molecule has 3 heterocycles. The lowest BCUT2D eigenvalue weighted by molar-refractivity contribution is -0.124. The molecule has 0 aromatic heterocycles. The van der Waals surface area contributed by atoms with Crippen molar-refractivity contribution in [2.45, 2.75) is 37.4 Å². The molecule has 0 N–H and O–H groups in total. The Bertz CT molecular complexity index is 309. The van der Waals surface area contributed by atoms with Crippen LogP contribution in [0.4, 0.5) is 0 Å². The molecule has 0 radical (unpaired) electrons. The number of carbonyl (C=O) groups is 1. The number of ketones is 1. The SMILES string of the molecule is N#CC1OC12CCOCC2.O=C1CCOCC1. The molecule has 0 saturated carbocycles. The van der Waals surface area contributed by atoms with Crippen molar-refractivity contribution >= 4 is 5.78 Å². The second kappa shape index (κ2) is 5.58. The van der Waals surface area contributed by atoms with E-state index < -0.39 is 0 Å². The quantitative estimate of drug-likeness (QED) is 0.585. The van der Waals surface area contributed by atoms with Crippen LogP contribution in [0.1, 0.15) is 25.7 Å². The van der Waals surface area contributed by atoms with Crippen LogP contribution in [-0.4, -0.2) is 43.9 Å². The zero-order chi connectivity index (χ0) is 12.1. The van der Waals surface area contributed by atoms with E-state index in [0.717, 1.165) is 26.1 Å². The van der Waals surface area contributed by atoms with Crippen molar-refractivity contribution in [2.24, 2.45) is 0 Å². The van der Waals surface area contributed by atoms with Crippen molar-refractivity contribution < 1.29 is 19.0 Å². The first kappa shape index (κ1) is 12.5. The zero-order valence-electron chi connectivity index (χ0n) is 9.81. The lowest BCUT2D eigenvalue weighted by Gasteiger charge is -2.17. The van der Waals surface area contributed by atoms with Gasteiger partial charge in [0.05, 0.1) is 19.3 Å². The first-order valence-corrected chi connectivity index (χ1v) is 6.01. The summed E-state index contributed by atoms with van der Waals surface area (Å²) in [5, 5.41) is 8.51. The Labute approximate surface area is 101 Å². The summed E-state index contributed by atoms with van der Waals surface area (Å²) in [7, 11) is 0. The highest BCUT2D eigenvalue weighted by molar-refractivity contribution is 5.78. The summed E-state index contributed by atoms with van der Waals surface area (Å²) in [6.45, 7) is 2.77. The first-order chi connectivity index (χ1) is 8.27. The van der Waals surface area contributed by atoms with Gasteiger partial charge in [0.2, 0.25) is 0 Å². The molecule has 3 aliphatic heterocycles. The van der Waals surface area contributed by atoms with Crippen LogP contribution >= 0.6 is 0 Å². The molecule has 1 atom stereocenters. The Hall–Kier alpha value is -0.960. The van der Waals surface area contributed by atoms with E-state index in [-0.39, 0.29) is 11.7 Å². The number of ether oxygens (including phenoxy) is 3. The summed E-state index contributed by atoms with van der Waals surface area (Å²) < 4.78 is 15.3. The van der Waals surface area contributed by atoms with Crippen LogP contribution in [0.15, 0.2) is 0 Å². The third-order valence-corrected chi connectivity index (χ3v) is 3.28. The summed E-state index contributed by atoms with van der Waals surface area (Å²) >= 11 is 0. The van der Waals surface area contributed by atoms with Gasteiger partial charge in [-0.15, -0.1) is 0 Å². The Kier molecular flexibility index (Phi) is 4.11. The number of epoxide rings is 1. The van der Waals surface area contributed by atoms with Gasteiger partial charge in [-0.25, -0.2) is 0 Å². The average Bonchev–Trinajstić information content (AvgIpc) is 3.04. The second-order valence-electron chi connectivity index (χ2n) is 4.46. The minimum Gasteiger partial charge on any atom is -0.381 e. The highest BCUT2D eigenvalue weighted by Gasteiger charge is 2.57. The Morgan fingerprint density at radius 3 is 2.12 bits per heavy atom. The van der Waals surface area contributed by atoms with Crippen molar-refractivity contribution in [3.8, 4) is 6.07 Å². The topological polar surface area (TPSA) is 71.8 Å². The minimum absolute atomic E-state index is 0.0903. The van der Waals surface area contributed by atoms with Crippen LogP contribution < -0.4 is 0 Å². The highest BCUT2D eigenvalue weighted by atomic mass is 16.6. The molecule has 5 heteroatoms. The number of Topliss-reactive ketones (excluding diaryl/α,β-unsaturated/α-hetero) is 1. The van der Waals surface area contributed by atoms with E-state index in [1.54, 1.807) is 0 Å². The number of hydrogen-bond donors (Lipinski definition) is 0. The van der Waals surface area contributed by atoms with Crippen molar-refractivity contribution in [1.82, 2.24) is 0 Å². The highest BCUT2D eigenvalue weighted by Crippen LogP contribution is 2.44. The van der Waals surface area contributed by atoms with Gasteiger partial charge in [-0.3, -0.25) is 4.79 Å². The van der Waals surface area contributed by atoms with Gasteiger partial charge in [0.25, 0.3) is 0 Å².